The SMILES string of the molecule is CO[C@H]1O[C@H](COS(=O)(=O)O)[C@@H](O[C@@H]2O[C@H](C(=O)O)[C@@H](OC)[C@H](OC)[C@H]2OC)[C@H](OS(=O)(=O)O)[C@H]1OS(=O)(=O)O. The van der Waals surface area contributed by atoms with E-state index in [1.54, 1.807) is 0 Å². The molecule has 2 fully saturated rings. The average molecular weight is 653 g/mol. The van der Waals surface area contributed by atoms with Crippen LogP contribution in [0.2, 0.25) is 0 Å². The third-order valence-electron chi connectivity index (χ3n) is 5.52. The van der Waals surface area contributed by atoms with Crippen molar-refractivity contribution in [3.63, 3.8) is 0 Å². The van der Waals surface area contributed by atoms with E-state index >= 15 is 0 Å². The highest BCUT2D eigenvalue weighted by atomic mass is 32.3. The Hall–Kier alpha value is -1.20. The average Bonchev–Trinajstić information content (AvgIpc) is 2.82. The largest absolute Gasteiger partial charge is 0.479 e. The van der Waals surface area contributed by atoms with Crippen LogP contribution in [0.1, 0.15) is 0 Å². The van der Waals surface area contributed by atoms with Gasteiger partial charge in [0.15, 0.2) is 24.8 Å². The fraction of sp³-hybridized carbons (Fsp3) is 0.938. The van der Waals surface area contributed by atoms with E-state index < -0.39 is 105 Å². The first-order valence-corrected chi connectivity index (χ1v) is 14.7. The highest BCUT2D eigenvalue weighted by Crippen LogP contribution is 2.35. The zero-order valence-corrected chi connectivity index (χ0v) is 23.4. The van der Waals surface area contributed by atoms with Gasteiger partial charge in [-0.3, -0.25) is 13.7 Å². The van der Waals surface area contributed by atoms with E-state index in [2.05, 4.69) is 12.5 Å². The molecule has 0 spiro atoms. The second-order valence-corrected chi connectivity index (χ2v) is 11.1. The van der Waals surface area contributed by atoms with E-state index in [0.29, 0.717) is 0 Å². The molecule has 0 saturated carbocycles. The van der Waals surface area contributed by atoms with Crippen molar-refractivity contribution in [1.29, 1.82) is 0 Å². The van der Waals surface area contributed by atoms with E-state index in [-0.39, 0.29) is 0 Å². The number of ether oxygens (including phenoxy) is 7. The lowest BCUT2D eigenvalue weighted by atomic mass is 9.96. The minimum Gasteiger partial charge on any atom is -0.479 e. The monoisotopic (exact) mass is 652 g/mol. The summed E-state index contributed by atoms with van der Waals surface area (Å²) >= 11 is 0. The molecule has 40 heavy (non-hydrogen) atoms. The molecule has 0 aromatic heterocycles. The summed E-state index contributed by atoms with van der Waals surface area (Å²) in [6, 6.07) is 0. The van der Waals surface area contributed by atoms with E-state index in [1.165, 1.54) is 0 Å². The number of carbonyl (C=O) groups is 1. The van der Waals surface area contributed by atoms with Gasteiger partial charge in [0, 0.05) is 28.4 Å². The van der Waals surface area contributed by atoms with Crippen molar-refractivity contribution in [2.75, 3.05) is 35.0 Å². The Morgan fingerprint density at radius 3 is 1.60 bits per heavy atom. The van der Waals surface area contributed by atoms with Gasteiger partial charge in [0.2, 0.25) is 0 Å². The van der Waals surface area contributed by atoms with Gasteiger partial charge in [0.05, 0.1) is 6.61 Å². The predicted molar refractivity (Wildman–Crippen MR) is 120 cm³/mol. The Morgan fingerprint density at radius 2 is 1.18 bits per heavy atom. The number of carboxylic acids is 1. The summed E-state index contributed by atoms with van der Waals surface area (Å²) in [5, 5.41) is 9.64. The molecule has 0 amide bonds. The van der Waals surface area contributed by atoms with Crippen molar-refractivity contribution in [2.24, 2.45) is 0 Å². The van der Waals surface area contributed by atoms with Crippen molar-refractivity contribution in [1.82, 2.24) is 0 Å². The molecule has 0 unspecified atom stereocenters. The van der Waals surface area contributed by atoms with Gasteiger partial charge in [-0.2, -0.15) is 25.3 Å². The van der Waals surface area contributed by atoms with E-state index in [1.807, 2.05) is 0 Å². The van der Waals surface area contributed by atoms with E-state index in [0.717, 1.165) is 28.4 Å². The first-order chi connectivity index (χ1) is 18.4. The molecule has 4 N–H and O–H groups in total. The maximum atomic E-state index is 11.9. The van der Waals surface area contributed by atoms with Gasteiger partial charge >= 0.3 is 37.2 Å². The Morgan fingerprint density at radius 1 is 0.650 bits per heavy atom. The Bertz CT molecular complexity index is 1170. The summed E-state index contributed by atoms with van der Waals surface area (Å²) in [5.41, 5.74) is 0. The summed E-state index contributed by atoms with van der Waals surface area (Å²) < 4.78 is 147. The highest BCUT2D eigenvalue weighted by Gasteiger charge is 2.56. The van der Waals surface area contributed by atoms with Crippen LogP contribution in [0, 0.1) is 0 Å². The molecule has 24 heteroatoms. The first-order valence-electron chi connectivity index (χ1n) is 10.6. The van der Waals surface area contributed by atoms with Crippen LogP contribution in [0.4, 0.5) is 0 Å². The third-order valence-corrected chi connectivity index (χ3v) is 6.88. The fourth-order valence-electron chi connectivity index (χ4n) is 4.06. The summed E-state index contributed by atoms with van der Waals surface area (Å²) in [7, 11) is -11.9. The van der Waals surface area contributed by atoms with Gasteiger partial charge < -0.3 is 38.3 Å². The molecular formula is C16H28O21S3. The summed E-state index contributed by atoms with van der Waals surface area (Å²) in [6.07, 6.45) is -18.4. The lowest BCUT2D eigenvalue weighted by Crippen LogP contribution is -2.67. The second kappa shape index (κ2) is 13.8. The maximum Gasteiger partial charge on any atom is 0.397 e. The van der Waals surface area contributed by atoms with Gasteiger partial charge in [-0.25, -0.2) is 17.3 Å². The molecule has 10 atom stereocenters. The van der Waals surface area contributed by atoms with E-state index in [4.69, 9.17) is 37.7 Å². The van der Waals surface area contributed by atoms with Gasteiger partial charge in [-0.05, 0) is 0 Å². The Balaban J connectivity index is 2.64. The lowest BCUT2D eigenvalue weighted by Gasteiger charge is -2.48. The quantitative estimate of drug-likeness (QED) is 0.134. The van der Waals surface area contributed by atoms with Crippen LogP contribution < -0.4 is 0 Å². The smallest absolute Gasteiger partial charge is 0.397 e. The zero-order valence-electron chi connectivity index (χ0n) is 20.9. The molecule has 0 radical (unpaired) electrons. The maximum absolute atomic E-state index is 11.9. The summed E-state index contributed by atoms with van der Waals surface area (Å²) in [4.78, 5) is 11.9. The molecule has 2 heterocycles. The minimum absolute atomic E-state index is 0.883. The van der Waals surface area contributed by atoms with Crippen molar-refractivity contribution in [2.45, 2.75) is 61.4 Å². The lowest BCUT2D eigenvalue weighted by molar-refractivity contribution is -0.353. The van der Waals surface area contributed by atoms with Gasteiger partial charge in [0.25, 0.3) is 0 Å². The van der Waals surface area contributed by atoms with Crippen LogP contribution in [0.25, 0.3) is 0 Å². The molecule has 236 valence electrons. The number of hydrogen-bond donors (Lipinski definition) is 4. The minimum atomic E-state index is -5.52. The zero-order chi connectivity index (χ0) is 30.6. The van der Waals surface area contributed by atoms with Crippen LogP contribution >= 0.6 is 0 Å². The summed E-state index contributed by atoms with van der Waals surface area (Å²) in [5.74, 6) is -1.58. The molecule has 2 aliphatic heterocycles. The second-order valence-electron chi connectivity index (χ2n) is 7.93. The van der Waals surface area contributed by atoms with Gasteiger partial charge in [-0.1, -0.05) is 0 Å². The number of carboxylic acid groups (broad SMARTS) is 1. The molecular weight excluding hydrogens is 624 g/mol. The summed E-state index contributed by atoms with van der Waals surface area (Å²) in [6.45, 7) is -1.20. The van der Waals surface area contributed by atoms with Crippen LogP contribution in [0.3, 0.4) is 0 Å². The number of rotatable bonds is 14. The number of methoxy groups -OCH3 is 4. The van der Waals surface area contributed by atoms with E-state index in [9.17, 15) is 44.3 Å². The highest BCUT2D eigenvalue weighted by molar-refractivity contribution is 7.81. The molecule has 0 aliphatic carbocycles. The van der Waals surface area contributed by atoms with Crippen LogP contribution in [-0.4, -0.2) is 146 Å². The van der Waals surface area contributed by atoms with Crippen molar-refractivity contribution < 1.29 is 94.5 Å². The third kappa shape index (κ3) is 9.41. The molecule has 0 aromatic carbocycles. The molecule has 21 nitrogen and oxygen atoms in total. The molecule has 0 aromatic rings. The van der Waals surface area contributed by atoms with Gasteiger partial charge in [0.1, 0.15) is 36.6 Å². The Labute approximate surface area is 228 Å². The standard InChI is InChI=1S/C16H28O21S3/c1-28-8-9(29-2)12(30-3)16(35-11(8)14(17)18)34-7-6(5-32-38(19,20)21)33-15(31-4)13(37-40(25,26)27)10(7)36-39(22,23)24/h6-13,15-16H,5H2,1-4H3,(H,17,18)(H,19,20,21)(H,22,23,24)(H,25,26,27)/t6-,7-,8+,9+,10+,11+,12-,13-,15+,16-/m1/s1. The fourth-order valence-corrected chi connectivity index (χ4v) is 5.35. The molecule has 0 bridgehead atoms. The van der Waals surface area contributed by atoms with Crippen LogP contribution in [0.15, 0.2) is 0 Å². The van der Waals surface area contributed by atoms with Gasteiger partial charge in [-0.15, -0.1) is 0 Å². The first kappa shape index (κ1) is 35.0. The van der Waals surface area contributed by atoms with Crippen molar-refractivity contribution >= 4 is 37.2 Å². The van der Waals surface area contributed by atoms with Crippen LogP contribution in [0.5, 0.6) is 0 Å². The van der Waals surface area contributed by atoms with Crippen LogP contribution in [-0.2, 0) is 81.7 Å². The topological polar surface area (TPSA) is 293 Å². The Kier molecular flexibility index (Phi) is 12.1. The predicted octanol–water partition coefficient (Wildman–Crippen LogP) is -3.21. The normalized spacial score (nSPS) is 35.9. The molecule has 2 aliphatic rings. The van der Waals surface area contributed by atoms with Crippen molar-refractivity contribution in [3.8, 4) is 0 Å². The van der Waals surface area contributed by atoms with Crippen molar-refractivity contribution in [3.05, 3.63) is 0 Å². The number of aliphatic carboxylic acids is 1. The molecule has 2 rings (SSSR count). The number of hydrogen-bond acceptors (Lipinski definition) is 17. The molecule has 2 saturated heterocycles.